The highest BCUT2D eigenvalue weighted by molar-refractivity contribution is 5.22. The third-order valence-electron chi connectivity index (χ3n) is 4.82. The summed E-state index contributed by atoms with van der Waals surface area (Å²) in [5, 5.41) is 12.9. The van der Waals surface area contributed by atoms with E-state index in [-0.39, 0.29) is 6.10 Å². The first kappa shape index (κ1) is 17.5. The summed E-state index contributed by atoms with van der Waals surface area (Å²) in [5.74, 6) is 0. The summed E-state index contributed by atoms with van der Waals surface area (Å²) in [5.41, 5.74) is 2.91. The van der Waals surface area contributed by atoms with Gasteiger partial charge in [-0.05, 0) is 43.2 Å². The average molecular weight is 303 g/mol. The minimum Gasteiger partial charge on any atom is -0.392 e. The Balaban J connectivity index is 1.60. The lowest BCUT2D eigenvalue weighted by Gasteiger charge is -2.10. The monoisotopic (exact) mass is 303 g/mol. The molecule has 2 unspecified atom stereocenters. The summed E-state index contributed by atoms with van der Waals surface area (Å²) in [7, 11) is 0. The molecule has 1 aromatic rings. The highest BCUT2D eigenvalue weighted by Crippen LogP contribution is 2.15. The van der Waals surface area contributed by atoms with Crippen LogP contribution >= 0.6 is 0 Å². The molecular weight excluding hydrogens is 270 g/mol. The zero-order valence-corrected chi connectivity index (χ0v) is 14.2. The number of aliphatic hydroxyl groups is 1. The van der Waals surface area contributed by atoms with Crippen LogP contribution in [0.1, 0.15) is 69.4 Å². The quantitative estimate of drug-likeness (QED) is 0.634. The van der Waals surface area contributed by atoms with Crippen molar-refractivity contribution in [1.82, 2.24) is 5.32 Å². The molecule has 1 saturated heterocycles. The number of unbranched alkanes of at least 4 members (excludes halogenated alkanes) is 5. The van der Waals surface area contributed by atoms with Gasteiger partial charge in [0.1, 0.15) is 0 Å². The number of nitrogens with one attached hydrogen (secondary N) is 1. The number of hydrogen-bond acceptors (Lipinski definition) is 2. The van der Waals surface area contributed by atoms with Gasteiger partial charge in [0.25, 0.3) is 0 Å². The molecule has 2 N–H and O–H groups in total. The lowest BCUT2D eigenvalue weighted by atomic mass is 10.0. The summed E-state index contributed by atoms with van der Waals surface area (Å²) in [6.07, 6.45) is 12.5. The van der Waals surface area contributed by atoms with E-state index in [4.69, 9.17) is 0 Å². The predicted molar refractivity (Wildman–Crippen MR) is 94.3 cm³/mol. The second-order valence-corrected chi connectivity index (χ2v) is 6.87. The molecular formula is C20H33NO. The van der Waals surface area contributed by atoms with Crippen LogP contribution in [0.4, 0.5) is 0 Å². The number of aliphatic hydroxyl groups excluding tert-OH is 1. The van der Waals surface area contributed by atoms with Crippen molar-refractivity contribution in [2.24, 2.45) is 0 Å². The maximum absolute atomic E-state index is 9.52. The Bertz CT molecular complexity index is 401. The fourth-order valence-electron chi connectivity index (χ4n) is 3.34. The second-order valence-electron chi connectivity index (χ2n) is 6.87. The molecule has 1 fully saturated rings. The highest BCUT2D eigenvalue weighted by Gasteiger charge is 2.21. The molecule has 1 aliphatic rings. The maximum atomic E-state index is 9.52. The molecule has 1 heterocycles. The van der Waals surface area contributed by atoms with Crippen LogP contribution < -0.4 is 5.32 Å². The van der Waals surface area contributed by atoms with Crippen molar-refractivity contribution in [1.29, 1.82) is 0 Å². The first-order valence-corrected chi connectivity index (χ1v) is 9.27. The number of benzene rings is 1. The van der Waals surface area contributed by atoms with Crippen molar-refractivity contribution >= 4 is 0 Å². The second kappa shape index (κ2) is 10.0. The molecule has 2 nitrogen and oxygen atoms in total. The van der Waals surface area contributed by atoms with Crippen molar-refractivity contribution in [3.8, 4) is 0 Å². The Kier molecular flexibility index (Phi) is 7.96. The highest BCUT2D eigenvalue weighted by atomic mass is 16.3. The minimum atomic E-state index is -0.135. The van der Waals surface area contributed by atoms with E-state index in [1.165, 1.54) is 56.1 Å². The molecule has 0 spiro atoms. The van der Waals surface area contributed by atoms with Crippen molar-refractivity contribution < 1.29 is 5.11 Å². The Morgan fingerprint density at radius 3 is 2.23 bits per heavy atom. The van der Waals surface area contributed by atoms with Crippen LogP contribution in [0.5, 0.6) is 0 Å². The zero-order valence-electron chi connectivity index (χ0n) is 14.2. The fraction of sp³-hybridized carbons (Fsp3) is 0.700. The molecule has 22 heavy (non-hydrogen) atoms. The molecule has 2 atom stereocenters. The summed E-state index contributed by atoms with van der Waals surface area (Å²) >= 11 is 0. The number of rotatable bonds is 10. The van der Waals surface area contributed by atoms with E-state index in [2.05, 4.69) is 36.5 Å². The van der Waals surface area contributed by atoms with Gasteiger partial charge in [-0.3, -0.25) is 0 Å². The molecule has 124 valence electrons. The van der Waals surface area contributed by atoms with Crippen LogP contribution in [-0.4, -0.2) is 23.8 Å². The minimum absolute atomic E-state index is 0.135. The van der Waals surface area contributed by atoms with E-state index >= 15 is 0 Å². The van der Waals surface area contributed by atoms with E-state index in [9.17, 15) is 5.11 Å². The zero-order chi connectivity index (χ0) is 15.6. The number of hydrogen-bond donors (Lipinski definition) is 2. The van der Waals surface area contributed by atoms with Crippen LogP contribution in [-0.2, 0) is 12.8 Å². The Hall–Kier alpha value is -0.860. The Morgan fingerprint density at radius 2 is 1.59 bits per heavy atom. The van der Waals surface area contributed by atoms with Crippen molar-refractivity contribution in [3.63, 3.8) is 0 Å². The lowest BCUT2D eigenvalue weighted by molar-refractivity contribution is 0.193. The Morgan fingerprint density at radius 1 is 0.955 bits per heavy atom. The molecule has 0 radical (unpaired) electrons. The van der Waals surface area contributed by atoms with Gasteiger partial charge in [0.05, 0.1) is 6.10 Å². The topological polar surface area (TPSA) is 32.3 Å². The number of β-amino-alcohol motifs (C(OH)–C–C–N with tert-alkyl or cyclic N) is 1. The van der Waals surface area contributed by atoms with E-state index < -0.39 is 0 Å². The van der Waals surface area contributed by atoms with Crippen molar-refractivity contribution in [2.75, 3.05) is 6.54 Å². The van der Waals surface area contributed by atoms with E-state index in [0.717, 1.165) is 25.8 Å². The SMILES string of the molecule is CCCCCCCCc1ccc(CCC2CC(O)CN2)cc1. The van der Waals surface area contributed by atoms with Gasteiger partial charge in [-0.25, -0.2) is 0 Å². The maximum Gasteiger partial charge on any atom is 0.0679 e. The first-order chi connectivity index (χ1) is 10.8. The van der Waals surface area contributed by atoms with Gasteiger partial charge in [0.2, 0.25) is 0 Å². The molecule has 1 aliphatic heterocycles. The summed E-state index contributed by atoms with van der Waals surface area (Å²) in [6, 6.07) is 9.68. The largest absolute Gasteiger partial charge is 0.392 e. The number of aryl methyl sites for hydroxylation is 2. The molecule has 2 rings (SSSR count). The van der Waals surface area contributed by atoms with Crippen molar-refractivity contribution in [2.45, 2.75) is 83.3 Å². The third-order valence-corrected chi connectivity index (χ3v) is 4.82. The van der Waals surface area contributed by atoms with E-state index in [1.54, 1.807) is 0 Å². The molecule has 2 heteroatoms. The average Bonchev–Trinajstić information content (AvgIpc) is 2.95. The summed E-state index contributed by atoms with van der Waals surface area (Å²) in [4.78, 5) is 0. The summed E-state index contributed by atoms with van der Waals surface area (Å²) < 4.78 is 0. The molecule has 0 bridgehead atoms. The first-order valence-electron chi connectivity index (χ1n) is 9.27. The van der Waals surface area contributed by atoms with Gasteiger partial charge in [0, 0.05) is 12.6 Å². The molecule has 0 aliphatic carbocycles. The van der Waals surface area contributed by atoms with Crippen LogP contribution in [0.15, 0.2) is 24.3 Å². The van der Waals surface area contributed by atoms with Gasteiger partial charge < -0.3 is 10.4 Å². The molecule has 0 saturated carbocycles. The fourth-order valence-corrected chi connectivity index (χ4v) is 3.34. The Labute approximate surface area is 136 Å². The molecule has 0 aromatic heterocycles. The van der Waals surface area contributed by atoms with Gasteiger partial charge in [-0.2, -0.15) is 0 Å². The molecule has 0 amide bonds. The predicted octanol–water partition coefficient (Wildman–Crippen LogP) is 4.25. The van der Waals surface area contributed by atoms with Crippen molar-refractivity contribution in [3.05, 3.63) is 35.4 Å². The summed E-state index contributed by atoms with van der Waals surface area (Å²) in [6.45, 7) is 3.04. The molecule has 1 aromatic carbocycles. The van der Waals surface area contributed by atoms with Gasteiger partial charge in [-0.1, -0.05) is 63.3 Å². The normalized spacial score (nSPS) is 21.4. The van der Waals surface area contributed by atoms with E-state index in [1.807, 2.05) is 0 Å². The van der Waals surface area contributed by atoms with Gasteiger partial charge >= 0.3 is 0 Å². The van der Waals surface area contributed by atoms with Gasteiger partial charge in [0.15, 0.2) is 0 Å². The third kappa shape index (κ3) is 6.50. The van der Waals surface area contributed by atoms with Crippen LogP contribution in [0.2, 0.25) is 0 Å². The van der Waals surface area contributed by atoms with Gasteiger partial charge in [-0.15, -0.1) is 0 Å². The van der Waals surface area contributed by atoms with Crippen LogP contribution in [0, 0.1) is 0 Å². The van der Waals surface area contributed by atoms with Crippen LogP contribution in [0.25, 0.3) is 0 Å². The van der Waals surface area contributed by atoms with E-state index in [0.29, 0.717) is 6.04 Å². The smallest absolute Gasteiger partial charge is 0.0679 e. The lowest BCUT2D eigenvalue weighted by Crippen LogP contribution is -2.21. The van der Waals surface area contributed by atoms with Crippen LogP contribution in [0.3, 0.4) is 0 Å². The standard InChI is InChI=1S/C20H33NO/c1-2-3-4-5-6-7-8-17-9-11-18(12-10-17)13-14-19-15-20(22)16-21-19/h9-12,19-22H,2-8,13-16H2,1H3.